The molecule has 0 saturated carbocycles. The summed E-state index contributed by atoms with van der Waals surface area (Å²) in [6.07, 6.45) is 5.77. The summed E-state index contributed by atoms with van der Waals surface area (Å²) in [6, 6.07) is 12.5. The Bertz CT molecular complexity index is 758. The molecule has 2 fully saturated rings. The van der Waals surface area contributed by atoms with Crippen molar-refractivity contribution in [2.45, 2.75) is 37.8 Å². The van der Waals surface area contributed by atoms with Crippen molar-refractivity contribution in [2.24, 2.45) is 7.05 Å². The van der Waals surface area contributed by atoms with Gasteiger partial charge in [0.15, 0.2) is 0 Å². The highest BCUT2D eigenvalue weighted by Gasteiger charge is 2.44. The Morgan fingerprint density at radius 2 is 1.78 bits per heavy atom. The highest BCUT2D eigenvalue weighted by Crippen LogP contribution is 2.30. The maximum atomic E-state index is 13.4. The highest BCUT2D eigenvalue weighted by molar-refractivity contribution is 5.89. The normalized spacial score (nSPS) is 20.0. The maximum absolute atomic E-state index is 13.4. The minimum absolute atomic E-state index is 0.255. The number of piperidine rings is 1. The quantitative estimate of drug-likeness (QED) is 0.882. The second-order valence-electron chi connectivity index (χ2n) is 7.84. The van der Waals surface area contributed by atoms with Crippen molar-refractivity contribution < 1.29 is 4.79 Å². The number of amides is 1. The Morgan fingerprint density at radius 1 is 1.07 bits per heavy atom. The van der Waals surface area contributed by atoms with E-state index in [0.29, 0.717) is 0 Å². The number of hydrogen-bond donors (Lipinski definition) is 1. The summed E-state index contributed by atoms with van der Waals surface area (Å²) in [5.41, 5.74) is 0.792. The zero-order valence-electron chi connectivity index (χ0n) is 16.1. The summed E-state index contributed by atoms with van der Waals surface area (Å²) >= 11 is 0. The Hall–Kier alpha value is -2.34. The smallest absolute Gasteiger partial charge is 0.248 e. The number of carbonyl (C=O) groups is 1. The Morgan fingerprint density at radius 3 is 2.41 bits per heavy atom. The minimum Gasteiger partial charge on any atom is -0.354 e. The van der Waals surface area contributed by atoms with Gasteiger partial charge in [-0.3, -0.25) is 14.4 Å². The molecular formula is C21H29N5O. The molecule has 2 aliphatic rings. The van der Waals surface area contributed by atoms with Crippen LogP contribution in [0.2, 0.25) is 0 Å². The first-order chi connectivity index (χ1) is 13.1. The summed E-state index contributed by atoms with van der Waals surface area (Å²) in [5, 5.41) is 7.99. The predicted octanol–water partition coefficient (Wildman–Crippen LogP) is 2.49. The van der Waals surface area contributed by atoms with E-state index in [2.05, 4.69) is 45.6 Å². The molecule has 0 spiro atoms. The van der Waals surface area contributed by atoms with Crippen LogP contribution in [-0.4, -0.2) is 57.2 Å². The van der Waals surface area contributed by atoms with E-state index >= 15 is 0 Å². The van der Waals surface area contributed by atoms with Gasteiger partial charge in [-0.1, -0.05) is 30.3 Å². The fourth-order valence-corrected chi connectivity index (χ4v) is 4.28. The number of likely N-dealkylation sites (tertiary alicyclic amines) is 2. The Kier molecular flexibility index (Phi) is 5.16. The molecule has 0 bridgehead atoms. The van der Waals surface area contributed by atoms with Crippen molar-refractivity contribution in [3.05, 3.63) is 48.2 Å². The first-order valence-electron chi connectivity index (χ1n) is 9.98. The summed E-state index contributed by atoms with van der Waals surface area (Å²) in [7, 11) is 1.91. The van der Waals surface area contributed by atoms with E-state index in [4.69, 9.17) is 0 Å². The number of anilines is 1. The largest absolute Gasteiger partial charge is 0.354 e. The molecular weight excluding hydrogens is 338 g/mol. The predicted molar refractivity (Wildman–Crippen MR) is 106 cm³/mol. The average molecular weight is 367 g/mol. The number of rotatable bonds is 5. The number of nitrogens with zero attached hydrogens (tertiary/aromatic N) is 4. The topological polar surface area (TPSA) is 53.4 Å². The van der Waals surface area contributed by atoms with E-state index in [1.165, 1.54) is 5.56 Å². The molecule has 0 atom stereocenters. The summed E-state index contributed by atoms with van der Waals surface area (Å²) in [5.74, 6) is 1.05. The third kappa shape index (κ3) is 4.00. The molecule has 0 aliphatic carbocycles. The molecule has 1 N–H and O–H groups in total. The number of aryl methyl sites for hydroxylation is 1. The van der Waals surface area contributed by atoms with Gasteiger partial charge in [0.05, 0.1) is 0 Å². The van der Waals surface area contributed by atoms with Crippen LogP contribution in [0, 0.1) is 0 Å². The molecule has 1 aromatic carbocycles. The van der Waals surface area contributed by atoms with Gasteiger partial charge in [-0.05, 0) is 31.2 Å². The van der Waals surface area contributed by atoms with Crippen molar-refractivity contribution >= 4 is 11.7 Å². The molecule has 6 heteroatoms. The lowest BCUT2D eigenvalue weighted by Gasteiger charge is -2.43. The van der Waals surface area contributed by atoms with Crippen molar-refractivity contribution in [1.29, 1.82) is 0 Å². The van der Waals surface area contributed by atoms with Crippen LogP contribution in [0.15, 0.2) is 42.6 Å². The molecule has 0 radical (unpaired) electrons. The Labute approximate surface area is 161 Å². The van der Waals surface area contributed by atoms with Crippen LogP contribution in [-0.2, 0) is 18.4 Å². The third-order valence-electron chi connectivity index (χ3n) is 5.84. The van der Waals surface area contributed by atoms with E-state index in [1.54, 1.807) is 4.68 Å². The lowest BCUT2D eigenvalue weighted by molar-refractivity contribution is -0.136. The van der Waals surface area contributed by atoms with Crippen LogP contribution in [0.3, 0.4) is 0 Å². The van der Waals surface area contributed by atoms with Crippen LogP contribution in [0.1, 0.15) is 31.2 Å². The minimum atomic E-state index is -0.536. The molecule has 27 heavy (non-hydrogen) atoms. The summed E-state index contributed by atoms with van der Waals surface area (Å²) < 4.78 is 1.78. The molecule has 4 rings (SSSR count). The molecule has 3 heterocycles. The van der Waals surface area contributed by atoms with Crippen LogP contribution >= 0.6 is 0 Å². The van der Waals surface area contributed by atoms with E-state index < -0.39 is 5.54 Å². The Balaban J connectivity index is 1.48. The van der Waals surface area contributed by atoms with Crippen LogP contribution in [0.25, 0.3) is 0 Å². The van der Waals surface area contributed by atoms with Gasteiger partial charge < -0.3 is 10.2 Å². The second kappa shape index (κ2) is 7.72. The molecule has 1 aromatic heterocycles. The van der Waals surface area contributed by atoms with Crippen molar-refractivity contribution in [2.75, 3.05) is 31.5 Å². The van der Waals surface area contributed by atoms with E-state index in [-0.39, 0.29) is 5.91 Å². The second-order valence-corrected chi connectivity index (χ2v) is 7.84. The average Bonchev–Trinajstić information content (AvgIpc) is 3.36. The van der Waals surface area contributed by atoms with Crippen molar-refractivity contribution in [3.63, 3.8) is 0 Å². The molecule has 6 nitrogen and oxygen atoms in total. The first-order valence-corrected chi connectivity index (χ1v) is 9.98. The molecule has 144 valence electrons. The lowest BCUT2D eigenvalue weighted by Crippen LogP contribution is -2.58. The number of aromatic nitrogens is 2. The van der Waals surface area contributed by atoms with Gasteiger partial charge in [-0.2, -0.15) is 5.10 Å². The number of nitrogens with one attached hydrogen (secondary N) is 1. The van der Waals surface area contributed by atoms with Gasteiger partial charge in [0.1, 0.15) is 11.4 Å². The highest BCUT2D eigenvalue weighted by atomic mass is 16.2. The van der Waals surface area contributed by atoms with E-state index in [9.17, 15) is 4.79 Å². The molecule has 2 saturated heterocycles. The SMILES string of the molecule is Cn1ccc(NC2(C(=O)N3CCCC3)CCN(Cc3ccccc3)CC2)n1. The monoisotopic (exact) mass is 367 g/mol. The van der Waals surface area contributed by atoms with E-state index in [1.807, 2.05) is 24.2 Å². The lowest BCUT2D eigenvalue weighted by atomic mass is 9.85. The van der Waals surface area contributed by atoms with Gasteiger partial charge in [-0.25, -0.2) is 0 Å². The zero-order valence-corrected chi connectivity index (χ0v) is 16.1. The number of carbonyl (C=O) groups excluding carboxylic acids is 1. The maximum Gasteiger partial charge on any atom is 0.248 e. The van der Waals surface area contributed by atoms with Gasteiger partial charge in [0.2, 0.25) is 5.91 Å². The fourth-order valence-electron chi connectivity index (χ4n) is 4.28. The van der Waals surface area contributed by atoms with Gasteiger partial charge in [0, 0.05) is 52.0 Å². The standard InChI is InChI=1S/C21H29N5O/c1-24-14-9-19(23-24)22-21(20(27)26-12-5-6-13-26)10-15-25(16-11-21)17-18-7-3-2-4-8-18/h2-4,7-9,14H,5-6,10-13,15-17H2,1H3,(H,22,23). The van der Waals surface area contributed by atoms with Crippen LogP contribution < -0.4 is 5.32 Å². The number of hydrogen-bond acceptors (Lipinski definition) is 4. The summed E-state index contributed by atoms with van der Waals surface area (Å²) in [6.45, 7) is 4.54. The zero-order chi connectivity index (χ0) is 18.7. The summed E-state index contributed by atoms with van der Waals surface area (Å²) in [4.78, 5) is 17.9. The molecule has 1 amide bonds. The van der Waals surface area contributed by atoms with Crippen LogP contribution in [0.5, 0.6) is 0 Å². The molecule has 2 aliphatic heterocycles. The van der Waals surface area contributed by atoms with Crippen LogP contribution in [0.4, 0.5) is 5.82 Å². The third-order valence-corrected chi connectivity index (χ3v) is 5.84. The van der Waals surface area contributed by atoms with Gasteiger partial charge in [0.25, 0.3) is 0 Å². The van der Waals surface area contributed by atoms with Crippen molar-refractivity contribution in [1.82, 2.24) is 19.6 Å². The number of benzene rings is 1. The van der Waals surface area contributed by atoms with Gasteiger partial charge >= 0.3 is 0 Å². The van der Waals surface area contributed by atoms with E-state index in [0.717, 1.165) is 64.2 Å². The van der Waals surface area contributed by atoms with Crippen molar-refractivity contribution in [3.8, 4) is 0 Å². The van der Waals surface area contributed by atoms with Gasteiger partial charge in [-0.15, -0.1) is 0 Å². The first kappa shape index (κ1) is 18.0. The molecule has 0 unspecified atom stereocenters. The molecule has 2 aromatic rings. The fraction of sp³-hybridized carbons (Fsp3) is 0.524.